The Morgan fingerprint density at radius 2 is 2.00 bits per heavy atom. The molecule has 1 N–H and O–H groups in total. The second kappa shape index (κ2) is 3.40. The highest BCUT2D eigenvalue weighted by atomic mass is 32.2. The number of aliphatic hydroxyl groups is 1. The van der Waals surface area contributed by atoms with Gasteiger partial charge in [0, 0.05) is 0 Å². The summed E-state index contributed by atoms with van der Waals surface area (Å²) in [5.74, 6) is 0.539. The minimum atomic E-state index is -3.58. The molecular formula is C9H14O4S. The molecule has 0 atom stereocenters. The lowest BCUT2D eigenvalue weighted by Crippen LogP contribution is -2.35. The topological polar surface area (TPSA) is 67.5 Å². The summed E-state index contributed by atoms with van der Waals surface area (Å²) in [4.78, 5) is 0. The van der Waals surface area contributed by atoms with Crippen molar-refractivity contribution < 1.29 is 17.9 Å². The molecule has 0 aliphatic rings. The zero-order chi connectivity index (χ0) is 11.0. The first-order valence-electron chi connectivity index (χ1n) is 4.23. The summed E-state index contributed by atoms with van der Waals surface area (Å²) in [5, 5.41) is 8.89. The molecule has 0 fully saturated rings. The van der Waals surface area contributed by atoms with E-state index in [1.807, 2.05) is 0 Å². The first kappa shape index (κ1) is 11.3. The molecule has 0 bridgehead atoms. The van der Waals surface area contributed by atoms with Crippen LogP contribution in [-0.4, -0.2) is 24.9 Å². The molecule has 0 unspecified atom stereocenters. The van der Waals surface area contributed by atoms with Gasteiger partial charge in [0.2, 0.25) is 14.9 Å². The molecule has 4 nitrogen and oxygen atoms in total. The molecule has 14 heavy (non-hydrogen) atoms. The van der Waals surface area contributed by atoms with E-state index in [4.69, 9.17) is 9.52 Å². The Bertz CT molecular complexity index is 414. The Morgan fingerprint density at radius 1 is 1.43 bits per heavy atom. The summed E-state index contributed by atoms with van der Waals surface area (Å²) < 4.78 is 27.5. The van der Waals surface area contributed by atoms with Crippen molar-refractivity contribution in [3.63, 3.8) is 0 Å². The highest BCUT2D eigenvalue weighted by Gasteiger charge is 2.37. The number of furan rings is 1. The quantitative estimate of drug-likeness (QED) is 0.825. The first-order valence-corrected chi connectivity index (χ1v) is 5.71. The van der Waals surface area contributed by atoms with Crippen molar-refractivity contribution in [2.45, 2.75) is 30.6 Å². The normalized spacial score (nSPS) is 13.1. The van der Waals surface area contributed by atoms with E-state index in [9.17, 15) is 8.42 Å². The highest BCUT2D eigenvalue weighted by Crippen LogP contribution is 2.26. The summed E-state index contributed by atoms with van der Waals surface area (Å²) in [5.41, 5.74) is 0. The standard InChI is InChI=1S/C9H14O4S/c1-7-4-5-8(13-7)14(11,12)9(2,3)6-10/h4-5,10H,6H2,1-3H3. The summed E-state index contributed by atoms with van der Waals surface area (Å²) in [6.07, 6.45) is 0. The summed E-state index contributed by atoms with van der Waals surface area (Å²) >= 11 is 0. The van der Waals surface area contributed by atoms with Crippen molar-refractivity contribution in [3.8, 4) is 0 Å². The SMILES string of the molecule is Cc1ccc(S(=O)(=O)C(C)(C)CO)o1. The molecule has 0 saturated heterocycles. The van der Waals surface area contributed by atoms with Gasteiger partial charge in [-0.1, -0.05) is 0 Å². The lowest BCUT2D eigenvalue weighted by molar-refractivity contribution is 0.255. The van der Waals surface area contributed by atoms with E-state index >= 15 is 0 Å². The molecule has 0 radical (unpaired) electrons. The van der Waals surface area contributed by atoms with Crippen molar-refractivity contribution in [2.24, 2.45) is 0 Å². The van der Waals surface area contributed by atoms with Gasteiger partial charge in [-0.15, -0.1) is 0 Å². The van der Waals surface area contributed by atoms with Crippen LogP contribution in [0.15, 0.2) is 21.6 Å². The molecule has 0 spiro atoms. The molecule has 0 amide bonds. The van der Waals surface area contributed by atoms with E-state index in [1.54, 1.807) is 13.0 Å². The van der Waals surface area contributed by atoms with Gasteiger partial charge in [-0.05, 0) is 32.9 Å². The molecule has 1 rings (SSSR count). The van der Waals surface area contributed by atoms with Gasteiger partial charge in [0.25, 0.3) is 0 Å². The molecule has 80 valence electrons. The predicted octanol–water partition coefficient (Wildman–Crippen LogP) is 1.13. The zero-order valence-corrected chi connectivity index (χ0v) is 9.26. The average molecular weight is 218 g/mol. The smallest absolute Gasteiger partial charge is 0.218 e. The van der Waals surface area contributed by atoms with Gasteiger partial charge in [0.05, 0.1) is 11.4 Å². The van der Waals surface area contributed by atoms with Crippen LogP contribution in [0.4, 0.5) is 0 Å². The van der Waals surface area contributed by atoms with E-state index in [2.05, 4.69) is 0 Å². The number of hydrogen-bond donors (Lipinski definition) is 1. The molecule has 1 aromatic rings. The van der Waals surface area contributed by atoms with Crippen molar-refractivity contribution in [2.75, 3.05) is 6.61 Å². The molecule has 0 aliphatic carbocycles. The van der Waals surface area contributed by atoms with Crippen LogP contribution in [-0.2, 0) is 9.84 Å². The van der Waals surface area contributed by atoms with Gasteiger partial charge in [-0.2, -0.15) is 0 Å². The van der Waals surface area contributed by atoms with Crippen molar-refractivity contribution in [3.05, 3.63) is 17.9 Å². The minimum Gasteiger partial charge on any atom is -0.450 e. The second-order valence-corrected chi connectivity index (χ2v) is 6.30. The Morgan fingerprint density at radius 3 is 2.36 bits per heavy atom. The van der Waals surface area contributed by atoms with Crippen LogP contribution < -0.4 is 0 Å². The molecular weight excluding hydrogens is 204 g/mol. The third-order valence-corrected chi connectivity index (χ3v) is 4.42. The van der Waals surface area contributed by atoms with Crippen LogP contribution >= 0.6 is 0 Å². The maximum absolute atomic E-state index is 11.8. The largest absolute Gasteiger partial charge is 0.450 e. The Hall–Kier alpha value is -0.810. The third-order valence-electron chi connectivity index (χ3n) is 2.09. The van der Waals surface area contributed by atoms with Gasteiger partial charge in [0.1, 0.15) is 5.76 Å². The third kappa shape index (κ3) is 1.69. The molecule has 5 heteroatoms. The maximum atomic E-state index is 11.8. The van der Waals surface area contributed by atoms with E-state index in [0.717, 1.165) is 0 Å². The van der Waals surface area contributed by atoms with Crippen LogP contribution in [0.25, 0.3) is 0 Å². The first-order chi connectivity index (χ1) is 6.31. The van der Waals surface area contributed by atoms with Gasteiger partial charge in [-0.3, -0.25) is 0 Å². The molecule has 0 aromatic carbocycles. The van der Waals surface area contributed by atoms with Crippen LogP contribution in [0.2, 0.25) is 0 Å². The Kier molecular flexibility index (Phi) is 2.74. The Balaban J connectivity index is 3.22. The van der Waals surface area contributed by atoms with Gasteiger partial charge >= 0.3 is 0 Å². The number of rotatable bonds is 3. The maximum Gasteiger partial charge on any atom is 0.218 e. The summed E-state index contributed by atoms with van der Waals surface area (Å²) in [6, 6.07) is 2.99. The summed E-state index contributed by atoms with van der Waals surface area (Å²) in [7, 11) is -3.58. The van der Waals surface area contributed by atoms with Crippen molar-refractivity contribution >= 4 is 9.84 Å². The summed E-state index contributed by atoms with van der Waals surface area (Å²) in [6.45, 7) is 4.15. The lowest BCUT2D eigenvalue weighted by atomic mass is 10.2. The number of aryl methyl sites for hydroxylation is 1. The molecule has 1 heterocycles. The van der Waals surface area contributed by atoms with Crippen LogP contribution in [0.1, 0.15) is 19.6 Å². The van der Waals surface area contributed by atoms with E-state index in [1.165, 1.54) is 19.9 Å². The number of aliphatic hydroxyl groups excluding tert-OH is 1. The van der Waals surface area contributed by atoms with Crippen LogP contribution in [0, 0.1) is 6.92 Å². The fraction of sp³-hybridized carbons (Fsp3) is 0.556. The van der Waals surface area contributed by atoms with Crippen LogP contribution in [0.3, 0.4) is 0 Å². The number of sulfone groups is 1. The van der Waals surface area contributed by atoms with E-state index in [-0.39, 0.29) is 5.09 Å². The second-order valence-electron chi connectivity index (χ2n) is 3.79. The van der Waals surface area contributed by atoms with Crippen molar-refractivity contribution in [1.29, 1.82) is 0 Å². The zero-order valence-electron chi connectivity index (χ0n) is 8.44. The van der Waals surface area contributed by atoms with Gasteiger partial charge < -0.3 is 9.52 Å². The fourth-order valence-electron chi connectivity index (χ4n) is 0.914. The van der Waals surface area contributed by atoms with Gasteiger partial charge in [0.15, 0.2) is 0 Å². The van der Waals surface area contributed by atoms with E-state index < -0.39 is 21.2 Å². The van der Waals surface area contributed by atoms with Crippen molar-refractivity contribution in [1.82, 2.24) is 0 Å². The lowest BCUT2D eigenvalue weighted by Gasteiger charge is -2.19. The highest BCUT2D eigenvalue weighted by molar-refractivity contribution is 7.92. The number of hydrogen-bond acceptors (Lipinski definition) is 4. The molecule has 0 aliphatic heterocycles. The van der Waals surface area contributed by atoms with E-state index in [0.29, 0.717) is 5.76 Å². The molecule has 0 saturated carbocycles. The fourth-order valence-corrected chi connectivity index (χ4v) is 2.12. The monoisotopic (exact) mass is 218 g/mol. The predicted molar refractivity (Wildman–Crippen MR) is 51.8 cm³/mol. The van der Waals surface area contributed by atoms with Gasteiger partial charge in [-0.25, -0.2) is 8.42 Å². The average Bonchev–Trinajstić information content (AvgIpc) is 2.52. The van der Waals surface area contributed by atoms with Crippen LogP contribution in [0.5, 0.6) is 0 Å². The molecule has 1 aromatic heterocycles. The Labute approximate surface area is 83.5 Å². The minimum absolute atomic E-state index is 0.0888.